The van der Waals surface area contributed by atoms with Crippen LogP contribution in [-0.4, -0.2) is 9.55 Å². The fourth-order valence-corrected chi connectivity index (χ4v) is 5.14. The molecule has 2 aromatic heterocycles. The molecule has 3 aromatic rings. The predicted molar refractivity (Wildman–Crippen MR) is 93.5 cm³/mol. The van der Waals surface area contributed by atoms with Gasteiger partial charge in [0, 0.05) is 12.1 Å². The zero-order chi connectivity index (χ0) is 15.0. The number of fused-ring (bicyclic) bond motifs is 1. The fourth-order valence-electron chi connectivity index (χ4n) is 2.35. The van der Waals surface area contributed by atoms with Gasteiger partial charge in [-0.1, -0.05) is 6.92 Å². The minimum absolute atomic E-state index is 0.640. The average Bonchev–Trinajstić information content (AvgIpc) is 2.99. The van der Waals surface area contributed by atoms with Crippen LogP contribution in [0.3, 0.4) is 0 Å². The van der Waals surface area contributed by atoms with E-state index in [4.69, 9.17) is 10.2 Å². The van der Waals surface area contributed by atoms with Crippen LogP contribution in [0.25, 0.3) is 22.4 Å². The highest BCUT2D eigenvalue weighted by Crippen LogP contribution is 2.39. The molecule has 3 nitrogen and oxygen atoms in total. The van der Waals surface area contributed by atoms with E-state index in [2.05, 4.69) is 55.5 Å². The fraction of sp³-hybridized carbons (Fsp3) is 0.200. The summed E-state index contributed by atoms with van der Waals surface area (Å²) in [5.41, 5.74) is 3.66. The third kappa shape index (κ3) is 2.66. The van der Waals surface area contributed by atoms with E-state index in [1.165, 1.54) is 0 Å². The van der Waals surface area contributed by atoms with Crippen LogP contribution in [0.15, 0.2) is 31.8 Å². The first-order valence-electron chi connectivity index (χ1n) is 6.49. The first kappa shape index (κ1) is 14.8. The van der Waals surface area contributed by atoms with Crippen LogP contribution in [0.2, 0.25) is 0 Å². The van der Waals surface area contributed by atoms with E-state index in [0.29, 0.717) is 5.56 Å². The van der Waals surface area contributed by atoms with E-state index in [0.717, 1.165) is 43.0 Å². The maximum absolute atomic E-state index is 9.04. The topological polar surface area (TPSA) is 41.6 Å². The summed E-state index contributed by atoms with van der Waals surface area (Å²) in [5, 5.41) is 9.04. The first-order valence-corrected chi connectivity index (χ1v) is 8.90. The predicted octanol–water partition coefficient (Wildman–Crippen LogP) is 5.57. The molecule has 6 heteroatoms. The highest BCUT2D eigenvalue weighted by atomic mass is 79.9. The lowest BCUT2D eigenvalue weighted by Crippen LogP contribution is -1.99. The van der Waals surface area contributed by atoms with Gasteiger partial charge in [-0.15, -0.1) is 11.3 Å². The third-order valence-electron chi connectivity index (χ3n) is 3.22. The van der Waals surface area contributed by atoms with Crippen molar-refractivity contribution in [3.05, 3.63) is 37.4 Å². The molecule has 0 aliphatic carbocycles. The van der Waals surface area contributed by atoms with Crippen molar-refractivity contribution < 1.29 is 0 Å². The molecule has 106 valence electrons. The summed E-state index contributed by atoms with van der Waals surface area (Å²) in [6.45, 7) is 3.05. The van der Waals surface area contributed by atoms with Crippen molar-refractivity contribution in [1.82, 2.24) is 9.55 Å². The zero-order valence-corrected chi connectivity index (χ0v) is 15.2. The molecule has 21 heavy (non-hydrogen) atoms. The van der Waals surface area contributed by atoms with Gasteiger partial charge in [-0.3, -0.25) is 0 Å². The van der Waals surface area contributed by atoms with Crippen molar-refractivity contribution in [3.8, 4) is 17.5 Å². The Kier molecular flexibility index (Phi) is 4.16. The second-order valence-electron chi connectivity index (χ2n) is 4.64. The van der Waals surface area contributed by atoms with Crippen molar-refractivity contribution in [2.75, 3.05) is 0 Å². The SMILES string of the molecule is CCCn1c(-c2cc(Br)sc2Br)nc2cc(C#N)ccc21. The molecule has 0 aliphatic heterocycles. The Morgan fingerprint density at radius 3 is 2.76 bits per heavy atom. The van der Waals surface area contributed by atoms with Crippen LogP contribution < -0.4 is 0 Å². The molecule has 0 atom stereocenters. The van der Waals surface area contributed by atoms with Gasteiger partial charge in [-0.05, 0) is 62.5 Å². The number of aryl methyl sites for hydroxylation is 1. The number of nitrogens with zero attached hydrogens (tertiary/aromatic N) is 3. The maximum atomic E-state index is 9.04. The Hall–Kier alpha value is -1.16. The van der Waals surface area contributed by atoms with Crippen LogP contribution in [0.5, 0.6) is 0 Å². The second kappa shape index (κ2) is 5.91. The summed E-state index contributed by atoms with van der Waals surface area (Å²) in [7, 11) is 0. The molecule has 0 saturated heterocycles. The normalized spacial score (nSPS) is 11.0. The highest BCUT2D eigenvalue weighted by molar-refractivity contribution is 9.12. The number of aromatic nitrogens is 2. The Morgan fingerprint density at radius 1 is 1.33 bits per heavy atom. The largest absolute Gasteiger partial charge is 0.324 e. The van der Waals surface area contributed by atoms with Crippen molar-refractivity contribution in [1.29, 1.82) is 5.26 Å². The smallest absolute Gasteiger partial charge is 0.143 e. The summed E-state index contributed by atoms with van der Waals surface area (Å²) < 4.78 is 4.34. The minimum Gasteiger partial charge on any atom is -0.324 e. The lowest BCUT2D eigenvalue weighted by atomic mass is 10.2. The average molecular weight is 425 g/mol. The van der Waals surface area contributed by atoms with Gasteiger partial charge >= 0.3 is 0 Å². The lowest BCUT2D eigenvalue weighted by molar-refractivity contribution is 0.704. The van der Waals surface area contributed by atoms with E-state index in [9.17, 15) is 0 Å². The standard InChI is InChI=1S/C15H11Br2N3S/c1-2-5-20-12-4-3-9(8-18)6-11(12)19-15(20)10-7-13(16)21-14(10)17/h3-4,6-7H,2,5H2,1H3. The Labute approximate surface area is 143 Å². The molecule has 0 aliphatic rings. The molecule has 0 radical (unpaired) electrons. The molecule has 0 unspecified atom stereocenters. The Morgan fingerprint density at radius 2 is 2.14 bits per heavy atom. The molecule has 2 heterocycles. The van der Waals surface area contributed by atoms with Gasteiger partial charge in [0.05, 0.1) is 30.2 Å². The minimum atomic E-state index is 0.640. The Bertz CT molecular complexity index is 858. The quantitative estimate of drug-likeness (QED) is 0.551. The number of imidazole rings is 1. The number of hydrogen-bond acceptors (Lipinski definition) is 3. The second-order valence-corrected chi connectivity index (χ2v) is 8.39. The molecular weight excluding hydrogens is 414 g/mol. The molecule has 0 bridgehead atoms. The number of rotatable bonds is 3. The van der Waals surface area contributed by atoms with Gasteiger partial charge in [-0.2, -0.15) is 5.26 Å². The van der Waals surface area contributed by atoms with Crippen LogP contribution >= 0.6 is 43.2 Å². The molecule has 0 spiro atoms. The number of nitriles is 1. The van der Waals surface area contributed by atoms with Crippen molar-refractivity contribution in [3.63, 3.8) is 0 Å². The number of benzene rings is 1. The summed E-state index contributed by atoms with van der Waals surface area (Å²) in [6, 6.07) is 9.92. The number of thiophene rings is 1. The lowest BCUT2D eigenvalue weighted by Gasteiger charge is -2.06. The van der Waals surface area contributed by atoms with Gasteiger partial charge in [0.15, 0.2) is 0 Å². The molecule has 0 fully saturated rings. The third-order valence-corrected chi connectivity index (χ3v) is 5.56. The van der Waals surface area contributed by atoms with E-state index in [1.807, 2.05) is 18.2 Å². The van der Waals surface area contributed by atoms with E-state index < -0.39 is 0 Å². The molecular formula is C15H11Br2N3S. The first-order chi connectivity index (χ1) is 10.1. The summed E-state index contributed by atoms with van der Waals surface area (Å²) >= 11 is 8.76. The monoisotopic (exact) mass is 423 g/mol. The van der Waals surface area contributed by atoms with Crippen molar-refractivity contribution >= 4 is 54.2 Å². The van der Waals surface area contributed by atoms with Crippen LogP contribution in [-0.2, 0) is 6.54 Å². The van der Waals surface area contributed by atoms with Gasteiger partial charge in [0.1, 0.15) is 5.82 Å². The molecule has 0 saturated carbocycles. The van der Waals surface area contributed by atoms with Gasteiger partial charge < -0.3 is 4.57 Å². The number of hydrogen-bond donors (Lipinski definition) is 0. The molecule has 3 rings (SSSR count). The number of halogens is 2. The van der Waals surface area contributed by atoms with Crippen LogP contribution in [0.4, 0.5) is 0 Å². The van der Waals surface area contributed by atoms with Crippen LogP contribution in [0.1, 0.15) is 18.9 Å². The van der Waals surface area contributed by atoms with Gasteiger partial charge in [-0.25, -0.2) is 4.98 Å². The zero-order valence-electron chi connectivity index (χ0n) is 11.2. The molecule has 0 amide bonds. The van der Waals surface area contributed by atoms with Crippen molar-refractivity contribution in [2.45, 2.75) is 19.9 Å². The van der Waals surface area contributed by atoms with E-state index in [-0.39, 0.29) is 0 Å². The Balaban J connectivity index is 2.28. The summed E-state index contributed by atoms with van der Waals surface area (Å²) in [4.78, 5) is 4.75. The molecule has 0 N–H and O–H groups in total. The summed E-state index contributed by atoms with van der Waals surface area (Å²) in [5.74, 6) is 0.941. The summed E-state index contributed by atoms with van der Waals surface area (Å²) in [6.07, 6.45) is 1.03. The highest BCUT2D eigenvalue weighted by Gasteiger charge is 2.17. The van der Waals surface area contributed by atoms with Gasteiger partial charge in [0.2, 0.25) is 0 Å². The van der Waals surface area contributed by atoms with E-state index in [1.54, 1.807) is 11.3 Å². The van der Waals surface area contributed by atoms with Gasteiger partial charge in [0.25, 0.3) is 0 Å². The van der Waals surface area contributed by atoms with E-state index >= 15 is 0 Å². The maximum Gasteiger partial charge on any atom is 0.143 e. The van der Waals surface area contributed by atoms with Crippen LogP contribution in [0, 0.1) is 11.3 Å². The van der Waals surface area contributed by atoms with Crippen molar-refractivity contribution in [2.24, 2.45) is 0 Å². The molecule has 1 aromatic carbocycles.